The van der Waals surface area contributed by atoms with Crippen molar-refractivity contribution in [2.45, 2.75) is 37.8 Å². The van der Waals surface area contributed by atoms with E-state index in [1.54, 1.807) is 17.1 Å². The van der Waals surface area contributed by atoms with Gasteiger partial charge < -0.3 is 11.1 Å². The Balaban J connectivity index is 1.30. The lowest BCUT2D eigenvalue weighted by molar-refractivity contribution is 0.403. The first-order chi connectivity index (χ1) is 18.9. The Morgan fingerprint density at radius 1 is 0.974 bits per heavy atom. The maximum Gasteiger partial charge on any atom is 0.167 e. The zero-order valence-corrected chi connectivity index (χ0v) is 22.1. The molecule has 0 bridgehead atoms. The van der Waals surface area contributed by atoms with Crippen LogP contribution in [0.1, 0.15) is 36.4 Å². The van der Waals surface area contributed by atoms with Gasteiger partial charge in [0.25, 0.3) is 0 Å². The molecule has 3 N–H and O–H groups in total. The number of aromatic nitrogens is 6. The van der Waals surface area contributed by atoms with Gasteiger partial charge in [-0.15, -0.1) is 0 Å². The minimum absolute atomic E-state index is 0.220. The zero-order valence-electron chi connectivity index (χ0n) is 21.2. The van der Waals surface area contributed by atoms with E-state index in [-0.39, 0.29) is 23.6 Å². The highest BCUT2D eigenvalue weighted by atomic mass is 32.2. The molecule has 0 amide bonds. The fourth-order valence-electron chi connectivity index (χ4n) is 5.77. The van der Waals surface area contributed by atoms with Crippen LogP contribution in [0.15, 0.2) is 67.1 Å². The molecule has 1 aliphatic heterocycles. The van der Waals surface area contributed by atoms with Crippen LogP contribution in [0.25, 0.3) is 34.1 Å². The molecule has 0 radical (unpaired) electrons. The first-order valence-electron chi connectivity index (χ1n) is 13.2. The number of hydrogen-bond donors (Lipinski definition) is 2. The third-order valence-electron chi connectivity index (χ3n) is 7.76. The van der Waals surface area contributed by atoms with Crippen LogP contribution in [-0.4, -0.2) is 55.3 Å². The molecule has 39 heavy (non-hydrogen) atoms. The summed E-state index contributed by atoms with van der Waals surface area (Å²) >= 11 is 0. The molecule has 1 atom stereocenters. The lowest BCUT2D eigenvalue weighted by atomic mass is 10.0. The molecule has 1 fully saturated rings. The molecule has 5 heterocycles. The van der Waals surface area contributed by atoms with Gasteiger partial charge in [-0.3, -0.25) is 4.57 Å². The van der Waals surface area contributed by atoms with Crippen molar-refractivity contribution in [1.82, 2.24) is 34.6 Å². The van der Waals surface area contributed by atoms with Gasteiger partial charge in [-0.25, -0.2) is 28.1 Å². The van der Waals surface area contributed by atoms with Crippen LogP contribution in [0, 0.1) is 0 Å². The van der Waals surface area contributed by atoms with Crippen molar-refractivity contribution in [2.24, 2.45) is 0 Å². The summed E-state index contributed by atoms with van der Waals surface area (Å²) in [5.74, 6) is 2.31. The van der Waals surface area contributed by atoms with E-state index in [4.69, 9.17) is 15.7 Å². The summed E-state index contributed by atoms with van der Waals surface area (Å²) in [6.45, 7) is 0. The number of rotatable bonds is 5. The van der Waals surface area contributed by atoms with Crippen LogP contribution in [0.3, 0.4) is 0 Å². The van der Waals surface area contributed by atoms with Crippen LogP contribution < -0.4 is 11.1 Å². The average Bonchev–Trinajstić information content (AvgIpc) is 3.69. The highest BCUT2D eigenvalue weighted by molar-refractivity contribution is 7.91. The molecule has 1 aromatic carbocycles. The standard InChI is InChI=1S/C28H28N8O2S/c29-26-22(3-1-12-30-26)27-33-24-8-9-25(35-14-2-13-31-35)34-28(24)36(27)20-5-6-21-18(17-20)4-7-23(21)32-19-10-15-39(37,38)16-11-19/h1-3,5-6,8-9,12-14,17,19,23,32H,4,7,10-11,15-16H2,(H2,29,30). The average molecular weight is 541 g/mol. The molecule has 7 rings (SSSR count). The third kappa shape index (κ3) is 4.37. The SMILES string of the molecule is Nc1ncccc1-c1nc2ccc(-n3cccn3)nc2n1-c1ccc2c(c1)CCC2NC1CCS(=O)(=O)CC1. The van der Waals surface area contributed by atoms with Crippen LogP contribution in [0.2, 0.25) is 0 Å². The number of nitrogen functional groups attached to an aromatic ring is 1. The molecule has 198 valence electrons. The summed E-state index contributed by atoms with van der Waals surface area (Å²) in [6, 6.07) is 16.4. The van der Waals surface area contributed by atoms with Crippen molar-refractivity contribution in [3.8, 4) is 22.9 Å². The second-order valence-corrected chi connectivity index (χ2v) is 12.5. The minimum Gasteiger partial charge on any atom is -0.383 e. The normalized spacial score (nSPS) is 18.9. The number of nitrogens with zero attached hydrogens (tertiary/aromatic N) is 6. The summed E-state index contributed by atoms with van der Waals surface area (Å²) in [5.41, 5.74) is 12.0. The molecule has 1 aliphatic carbocycles. The Morgan fingerprint density at radius 3 is 2.64 bits per heavy atom. The highest BCUT2D eigenvalue weighted by Gasteiger charge is 2.29. The van der Waals surface area contributed by atoms with Gasteiger partial charge in [0.1, 0.15) is 21.2 Å². The quantitative estimate of drug-likeness (QED) is 0.347. The summed E-state index contributed by atoms with van der Waals surface area (Å²) in [4.78, 5) is 14.2. The fourth-order valence-corrected chi connectivity index (χ4v) is 7.26. The molecule has 2 aliphatic rings. The number of nitrogens with one attached hydrogen (secondary N) is 1. The molecule has 1 saturated heterocycles. The zero-order chi connectivity index (χ0) is 26.6. The van der Waals surface area contributed by atoms with E-state index in [1.165, 1.54) is 11.1 Å². The van der Waals surface area contributed by atoms with Crippen LogP contribution in [0.4, 0.5) is 5.82 Å². The predicted octanol–water partition coefficient (Wildman–Crippen LogP) is 3.40. The number of aryl methyl sites for hydroxylation is 1. The Kier molecular flexibility index (Phi) is 5.71. The van der Waals surface area contributed by atoms with Crippen molar-refractivity contribution in [3.05, 3.63) is 78.2 Å². The van der Waals surface area contributed by atoms with Crippen LogP contribution >= 0.6 is 0 Å². The number of pyridine rings is 2. The van der Waals surface area contributed by atoms with Gasteiger partial charge in [0, 0.05) is 36.4 Å². The van der Waals surface area contributed by atoms with Crippen LogP contribution in [0.5, 0.6) is 0 Å². The van der Waals surface area contributed by atoms with E-state index in [2.05, 4.69) is 33.6 Å². The van der Waals surface area contributed by atoms with E-state index in [0.717, 1.165) is 29.6 Å². The number of nitrogens with two attached hydrogens (primary N) is 1. The second kappa shape index (κ2) is 9.28. The topological polar surface area (TPSA) is 134 Å². The lowest BCUT2D eigenvalue weighted by Gasteiger charge is -2.27. The van der Waals surface area contributed by atoms with Gasteiger partial charge >= 0.3 is 0 Å². The molecule has 0 saturated carbocycles. The van der Waals surface area contributed by atoms with E-state index in [9.17, 15) is 8.42 Å². The Bertz CT molecular complexity index is 1780. The third-order valence-corrected chi connectivity index (χ3v) is 9.48. The summed E-state index contributed by atoms with van der Waals surface area (Å²) in [7, 11) is -2.88. The summed E-state index contributed by atoms with van der Waals surface area (Å²) < 4.78 is 27.5. The highest BCUT2D eigenvalue weighted by Crippen LogP contribution is 2.36. The fraction of sp³-hybridized carbons (Fsp3) is 0.286. The van der Waals surface area contributed by atoms with Gasteiger partial charge in [0.2, 0.25) is 0 Å². The van der Waals surface area contributed by atoms with Crippen molar-refractivity contribution in [3.63, 3.8) is 0 Å². The number of fused-ring (bicyclic) bond motifs is 2. The number of benzene rings is 1. The molecule has 5 aromatic rings. The summed E-state index contributed by atoms with van der Waals surface area (Å²) in [5, 5.41) is 8.07. The molecule has 10 nitrogen and oxygen atoms in total. The monoisotopic (exact) mass is 540 g/mol. The Hall–Kier alpha value is -4.09. The molecule has 11 heteroatoms. The Labute approximate surface area is 225 Å². The van der Waals surface area contributed by atoms with Crippen molar-refractivity contribution in [2.75, 3.05) is 17.2 Å². The number of imidazole rings is 1. The number of hydrogen-bond acceptors (Lipinski definition) is 8. The largest absolute Gasteiger partial charge is 0.383 e. The molecular weight excluding hydrogens is 512 g/mol. The lowest BCUT2D eigenvalue weighted by Crippen LogP contribution is -2.39. The predicted molar refractivity (Wildman–Crippen MR) is 150 cm³/mol. The Morgan fingerprint density at radius 2 is 1.85 bits per heavy atom. The van der Waals surface area contributed by atoms with Gasteiger partial charge in [0.15, 0.2) is 17.3 Å². The maximum atomic E-state index is 11.9. The molecule has 0 spiro atoms. The molecule has 4 aromatic heterocycles. The van der Waals surface area contributed by atoms with Crippen molar-refractivity contribution < 1.29 is 8.42 Å². The van der Waals surface area contributed by atoms with Gasteiger partial charge in [-0.2, -0.15) is 5.10 Å². The second-order valence-electron chi connectivity index (χ2n) is 10.2. The van der Waals surface area contributed by atoms with Crippen molar-refractivity contribution >= 4 is 26.8 Å². The number of anilines is 1. The minimum atomic E-state index is -2.88. The first kappa shape index (κ1) is 24.0. The molecule has 1 unspecified atom stereocenters. The molecular formula is C28H28N8O2S. The van der Waals surface area contributed by atoms with E-state index < -0.39 is 9.84 Å². The first-order valence-corrected chi connectivity index (χ1v) is 15.0. The van der Waals surface area contributed by atoms with Gasteiger partial charge in [-0.05, 0) is 79.3 Å². The van der Waals surface area contributed by atoms with Crippen molar-refractivity contribution in [1.29, 1.82) is 0 Å². The van der Waals surface area contributed by atoms with Gasteiger partial charge in [0.05, 0.1) is 17.1 Å². The van der Waals surface area contributed by atoms with Crippen LogP contribution in [-0.2, 0) is 16.3 Å². The smallest absolute Gasteiger partial charge is 0.167 e. The summed E-state index contributed by atoms with van der Waals surface area (Å²) in [6.07, 6.45) is 8.53. The maximum absolute atomic E-state index is 11.9. The van der Waals surface area contributed by atoms with E-state index >= 15 is 0 Å². The number of sulfone groups is 1. The van der Waals surface area contributed by atoms with E-state index in [0.29, 0.717) is 35.9 Å². The van der Waals surface area contributed by atoms with Gasteiger partial charge in [-0.1, -0.05) is 6.07 Å². The van der Waals surface area contributed by atoms with E-state index in [1.807, 2.05) is 41.1 Å².